The third kappa shape index (κ3) is 4.50. The van der Waals surface area contributed by atoms with Crippen LogP contribution in [-0.2, 0) is 0 Å². The smallest absolute Gasteiger partial charge is 0.251 e. The summed E-state index contributed by atoms with van der Waals surface area (Å²) in [6, 6.07) is 17.8. The Morgan fingerprint density at radius 3 is 2.50 bits per heavy atom. The van der Waals surface area contributed by atoms with Crippen LogP contribution in [0.25, 0.3) is 10.8 Å². The maximum absolute atomic E-state index is 13.3. The number of nitrogens with one attached hydrogen (secondary N) is 1. The minimum Gasteiger partial charge on any atom is -0.349 e. The Labute approximate surface area is 181 Å². The normalized spacial score (nSPS) is 16.5. The summed E-state index contributed by atoms with van der Waals surface area (Å²) in [5.41, 5.74) is 2.98. The number of rotatable bonds is 4. The molecule has 30 heavy (non-hydrogen) atoms. The highest BCUT2D eigenvalue weighted by Gasteiger charge is 2.25. The summed E-state index contributed by atoms with van der Waals surface area (Å²) in [6.45, 7) is 6.20. The molecule has 0 aliphatic carbocycles. The van der Waals surface area contributed by atoms with E-state index in [4.69, 9.17) is 11.6 Å². The van der Waals surface area contributed by atoms with Crippen LogP contribution in [0.1, 0.15) is 47.3 Å². The van der Waals surface area contributed by atoms with Crippen molar-refractivity contribution in [1.82, 2.24) is 10.2 Å². The fourth-order valence-electron chi connectivity index (χ4n) is 4.19. The van der Waals surface area contributed by atoms with E-state index in [1.54, 1.807) is 0 Å². The van der Waals surface area contributed by atoms with Crippen molar-refractivity contribution in [3.05, 3.63) is 82.1 Å². The average Bonchev–Trinajstić information content (AvgIpc) is 2.75. The predicted molar refractivity (Wildman–Crippen MR) is 121 cm³/mol. The van der Waals surface area contributed by atoms with Crippen LogP contribution in [0, 0.1) is 12.7 Å². The van der Waals surface area contributed by atoms with Gasteiger partial charge in [0.2, 0.25) is 0 Å². The molecule has 1 unspecified atom stereocenters. The third-order valence-electron chi connectivity index (χ3n) is 6.10. The van der Waals surface area contributed by atoms with E-state index < -0.39 is 5.82 Å². The van der Waals surface area contributed by atoms with Crippen molar-refractivity contribution in [3.8, 4) is 0 Å². The third-order valence-corrected chi connectivity index (χ3v) is 6.39. The first kappa shape index (κ1) is 20.8. The lowest BCUT2D eigenvalue weighted by Crippen LogP contribution is -2.45. The van der Waals surface area contributed by atoms with Crippen LogP contribution in [-0.4, -0.2) is 29.9 Å². The second-order valence-electron chi connectivity index (χ2n) is 8.20. The zero-order valence-corrected chi connectivity index (χ0v) is 18.0. The molecule has 156 valence electrons. The molecule has 1 N–H and O–H groups in total. The van der Waals surface area contributed by atoms with Gasteiger partial charge in [-0.15, -0.1) is 0 Å². The topological polar surface area (TPSA) is 32.3 Å². The van der Waals surface area contributed by atoms with Gasteiger partial charge in [-0.25, -0.2) is 4.39 Å². The van der Waals surface area contributed by atoms with Crippen molar-refractivity contribution in [3.63, 3.8) is 0 Å². The number of hydrogen-bond donors (Lipinski definition) is 1. The average molecular weight is 425 g/mol. The van der Waals surface area contributed by atoms with Crippen molar-refractivity contribution in [1.29, 1.82) is 0 Å². The van der Waals surface area contributed by atoms with Gasteiger partial charge in [-0.1, -0.05) is 47.5 Å². The van der Waals surface area contributed by atoms with Gasteiger partial charge in [-0.2, -0.15) is 0 Å². The minimum atomic E-state index is -0.515. The summed E-state index contributed by atoms with van der Waals surface area (Å²) in [4.78, 5) is 14.9. The minimum absolute atomic E-state index is 0.0307. The molecule has 0 radical (unpaired) electrons. The van der Waals surface area contributed by atoms with Gasteiger partial charge in [0.1, 0.15) is 5.82 Å². The Bertz CT molecular complexity index is 1080. The van der Waals surface area contributed by atoms with Crippen molar-refractivity contribution in [2.75, 3.05) is 13.1 Å². The Balaban J connectivity index is 1.36. The number of hydrogen-bond acceptors (Lipinski definition) is 2. The van der Waals surface area contributed by atoms with Gasteiger partial charge < -0.3 is 5.32 Å². The molecule has 1 fully saturated rings. The molecule has 0 saturated carbocycles. The Hall–Kier alpha value is -2.43. The van der Waals surface area contributed by atoms with Crippen molar-refractivity contribution >= 4 is 28.3 Å². The van der Waals surface area contributed by atoms with Crippen molar-refractivity contribution in [2.45, 2.75) is 38.8 Å². The summed E-state index contributed by atoms with van der Waals surface area (Å²) in [5, 5.41) is 5.57. The molecular weight excluding hydrogens is 399 g/mol. The van der Waals surface area contributed by atoms with E-state index in [1.807, 2.05) is 0 Å². The monoisotopic (exact) mass is 424 g/mol. The molecular formula is C25H26ClFN2O. The molecule has 1 heterocycles. The zero-order valence-electron chi connectivity index (χ0n) is 17.3. The highest BCUT2D eigenvalue weighted by molar-refractivity contribution is 6.31. The number of halogens is 2. The number of likely N-dealkylation sites (tertiary alicyclic amines) is 1. The van der Waals surface area contributed by atoms with Crippen molar-refractivity contribution in [2.24, 2.45) is 0 Å². The second-order valence-corrected chi connectivity index (χ2v) is 8.61. The number of benzene rings is 3. The Kier molecular flexibility index (Phi) is 6.07. The lowest BCUT2D eigenvalue weighted by molar-refractivity contribution is 0.0896. The van der Waals surface area contributed by atoms with Crippen LogP contribution in [0.2, 0.25) is 5.02 Å². The predicted octanol–water partition coefficient (Wildman–Crippen LogP) is 5.90. The fraction of sp³-hybridized carbons (Fsp3) is 0.320. The molecule has 1 amide bonds. The van der Waals surface area contributed by atoms with E-state index in [0.717, 1.165) is 25.9 Å². The molecule has 0 aromatic heterocycles. The van der Waals surface area contributed by atoms with E-state index in [0.29, 0.717) is 11.6 Å². The summed E-state index contributed by atoms with van der Waals surface area (Å²) in [7, 11) is 0. The van der Waals surface area contributed by atoms with E-state index in [2.05, 4.69) is 60.5 Å². The second kappa shape index (κ2) is 8.75. The van der Waals surface area contributed by atoms with Crippen molar-refractivity contribution < 1.29 is 9.18 Å². The molecule has 4 rings (SSSR count). The summed E-state index contributed by atoms with van der Waals surface area (Å²) < 4.78 is 13.3. The Morgan fingerprint density at radius 1 is 1.07 bits per heavy atom. The summed E-state index contributed by atoms with van der Waals surface area (Å²) in [6.07, 6.45) is 1.77. The van der Waals surface area contributed by atoms with Crippen LogP contribution < -0.4 is 5.32 Å². The maximum atomic E-state index is 13.3. The quantitative estimate of drug-likeness (QED) is 0.565. The molecule has 3 nitrogen and oxygen atoms in total. The number of aryl methyl sites for hydroxylation is 1. The first-order valence-electron chi connectivity index (χ1n) is 10.4. The van der Waals surface area contributed by atoms with E-state index in [9.17, 15) is 9.18 Å². The van der Waals surface area contributed by atoms with Crippen LogP contribution >= 0.6 is 11.6 Å². The molecule has 5 heteroatoms. The van der Waals surface area contributed by atoms with E-state index in [-0.39, 0.29) is 17.0 Å². The molecule has 3 aromatic carbocycles. The molecule has 0 spiro atoms. The van der Waals surface area contributed by atoms with Gasteiger partial charge >= 0.3 is 0 Å². The van der Waals surface area contributed by atoms with Gasteiger partial charge in [0, 0.05) is 30.7 Å². The van der Waals surface area contributed by atoms with Gasteiger partial charge in [0.15, 0.2) is 0 Å². The van der Waals surface area contributed by atoms with Gasteiger partial charge in [0.25, 0.3) is 5.91 Å². The van der Waals surface area contributed by atoms with Gasteiger partial charge in [0.05, 0.1) is 5.02 Å². The number of piperidine rings is 1. The molecule has 3 aromatic rings. The molecule has 1 aliphatic heterocycles. The Morgan fingerprint density at radius 2 is 1.77 bits per heavy atom. The lowest BCUT2D eigenvalue weighted by atomic mass is 9.97. The largest absolute Gasteiger partial charge is 0.349 e. The van der Waals surface area contributed by atoms with Crippen LogP contribution in [0.3, 0.4) is 0 Å². The molecule has 1 atom stereocenters. The number of carbonyl (C=O) groups excluding carboxylic acids is 1. The van der Waals surface area contributed by atoms with Gasteiger partial charge in [-0.3, -0.25) is 9.69 Å². The molecule has 1 aliphatic rings. The molecule has 1 saturated heterocycles. The number of nitrogens with zero attached hydrogens (tertiary/aromatic N) is 1. The first-order valence-corrected chi connectivity index (χ1v) is 10.8. The SMILES string of the molecule is Cc1ccc2cc(C(C)N3CCC(NC(=O)c4ccc(F)c(Cl)c4)CC3)ccc2c1. The van der Waals surface area contributed by atoms with Crippen LogP contribution in [0.5, 0.6) is 0 Å². The van der Waals surface area contributed by atoms with Crippen LogP contribution in [0.4, 0.5) is 4.39 Å². The maximum Gasteiger partial charge on any atom is 0.251 e. The van der Waals surface area contributed by atoms with E-state index >= 15 is 0 Å². The van der Waals surface area contributed by atoms with Gasteiger partial charge in [-0.05, 0) is 67.3 Å². The highest BCUT2D eigenvalue weighted by atomic mass is 35.5. The number of fused-ring (bicyclic) bond motifs is 1. The number of amides is 1. The summed E-state index contributed by atoms with van der Waals surface area (Å²) >= 11 is 5.80. The highest BCUT2D eigenvalue weighted by Crippen LogP contribution is 2.27. The lowest BCUT2D eigenvalue weighted by Gasteiger charge is -2.36. The zero-order chi connectivity index (χ0) is 21.3. The van der Waals surface area contributed by atoms with E-state index in [1.165, 1.54) is 40.1 Å². The number of carbonyl (C=O) groups is 1. The van der Waals surface area contributed by atoms with Crippen LogP contribution in [0.15, 0.2) is 54.6 Å². The fourth-order valence-corrected chi connectivity index (χ4v) is 4.37. The first-order chi connectivity index (χ1) is 14.4. The standard InChI is InChI=1S/C25H26ClFN2O/c1-16-3-4-20-14-18(5-6-19(20)13-16)17(2)29-11-9-22(10-12-29)28-25(30)21-7-8-24(27)23(26)15-21/h3-8,13-15,17,22H,9-12H2,1-2H3,(H,28,30). The summed E-state index contributed by atoms with van der Waals surface area (Å²) in [5.74, 6) is -0.715. The molecule has 0 bridgehead atoms.